The number of hydrogen-bond acceptors (Lipinski definition) is 4. The highest BCUT2D eigenvalue weighted by molar-refractivity contribution is 5.34. The highest BCUT2D eigenvalue weighted by Gasteiger charge is 2.04. The van der Waals surface area contributed by atoms with Gasteiger partial charge in [-0.15, -0.1) is 10.2 Å². The molecule has 0 aromatic carbocycles. The van der Waals surface area contributed by atoms with Crippen LogP contribution in [-0.4, -0.2) is 28.5 Å². The van der Waals surface area contributed by atoms with Crippen LogP contribution in [0, 0.1) is 0 Å². The Morgan fingerprint density at radius 1 is 1.23 bits per heavy atom. The van der Waals surface area contributed by atoms with Gasteiger partial charge in [-0.25, -0.2) is 0 Å². The Hall–Kier alpha value is -1.19. The molecule has 0 amide bonds. The summed E-state index contributed by atoms with van der Waals surface area (Å²) in [6.07, 6.45) is 3.94. The van der Waals surface area contributed by atoms with Gasteiger partial charge in [0.05, 0.1) is 6.20 Å². The van der Waals surface area contributed by atoms with Crippen molar-refractivity contribution in [3.8, 4) is 0 Å². The minimum Gasteiger partial charge on any atom is -0.355 e. The zero-order valence-electron chi connectivity index (χ0n) is 8.27. The van der Waals surface area contributed by atoms with E-state index in [1.165, 1.54) is 0 Å². The van der Waals surface area contributed by atoms with Crippen LogP contribution in [0.25, 0.3) is 0 Å². The van der Waals surface area contributed by atoms with E-state index in [9.17, 15) is 0 Å². The van der Waals surface area contributed by atoms with Gasteiger partial charge in [0, 0.05) is 19.2 Å². The van der Waals surface area contributed by atoms with E-state index in [2.05, 4.69) is 34.2 Å². The Morgan fingerprint density at radius 3 is 2.38 bits per heavy atom. The lowest BCUT2D eigenvalue weighted by molar-refractivity contribution is 0.714. The minimum absolute atomic E-state index is 0.929. The fourth-order valence-electron chi connectivity index (χ4n) is 1.28. The first-order chi connectivity index (χ1) is 6.38. The molecule has 0 saturated heterocycles. The fraction of sp³-hybridized carbons (Fsp3) is 0.667. The Labute approximate surface area is 79.0 Å². The molecule has 0 atom stereocenters. The fourth-order valence-corrected chi connectivity index (χ4v) is 1.28. The summed E-state index contributed by atoms with van der Waals surface area (Å²) in [4.78, 5) is 2.23. The molecule has 0 radical (unpaired) electrons. The van der Waals surface area contributed by atoms with Gasteiger partial charge in [-0.3, -0.25) is 0 Å². The minimum atomic E-state index is 0.929. The normalized spacial score (nSPS) is 10.0. The molecule has 0 unspecified atom stereocenters. The average molecular weight is 180 g/mol. The van der Waals surface area contributed by atoms with Crippen molar-refractivity contribution in [1.82, 2.24) is 15.4 Å². The van der Waals surface area contributed by atoms with E-state index >= 15 is 0 Å². The molecule has 0 aliphatic carbocycles. The molecule has 0 aliphatic rings. The number of nitrogens with zero attached hydrogens (tertiary/aromatic N) is 4. The second-order valence-electron chi connectivity index (χ2n) is 2.97. The van der Waals surface area contributed by atoms with E-state index < -0.39 is 0 Å². The zero-order valence-corrected chi connectivity index (χ0v) is 8.27. The zero-order chi connectivity index (χ0) is 9.52. The van der Waals surface area contributed by atoms with Crippen molar-refractivity contribution in [3.63, 3.8) is 0 Å². The van der Waals surface area contributed by atoms with Crippen LogP contribution in [0.15, 0.2) is 12.3 Å². The topological polar surface area (TPSA) is 41.9 Å². The number of hydrogen-bond donors (Lipinski definition) is 0. The number of anilines is 1. The van der Waals surface area contributed by atoms with E-state index in [1.54, 1.807) is 6.20 Å². The second kappa shape index (κ2) is 5.45. The van der Waals surface area contributed by atoms with E-state index in [-0.39, 0.29) is 0 Å². The molecule has 1 heterocycles. The van der Waals surface area contributed by atoms with Crippen LogP contribution in [0.3, 0.4) is 0 Å². The molecule has 0 saturated carbocycles. The number of rotatable bonds is 5. The monoisotopic (exact) mass is 180 g/mol. The van der Waals surface area contributed by atoms with Gasteiger partial charge in [-0.05, 0) is 18.1 Å². The molecule has 1 rings (SSSR count). The average Bonchev–Trinajstić information content (AvgIpc) is 2.19. The van der Waals surface area contributed by atoms with Crippen LogP contribution in [0.4, 0.5) is 5.82 Å². The van der Waals surface area contributed by atoms with Gasteiger partial charge in [0.15, 0.2) is 5.82 Å². The number of aromatic nitrogens is 3. The van der Waals surface area contributed by atoms with Crippen molar-refractivity contribution in [3.05, 3.63) is 12.3 Å². The summed E-state index contributed by atoms with van der Waals surface area (Å²) in [6, 6.07) is 1.90. The van der Waals surface area contributed by atoms with Gasteiger partial charge in [0.2, 0.25) is 0 Å². The summed E-state index contributed by atoms with van der Waals surface area (Å²) in [7, 11) is 0. The Kier molecular flexibility index (Phi) is 4.15. The van der Waals surface area contributed by atoms with Crippen LogP contribution in [0.5, 0.6) is 0 Å². The molecule has 4 nitrogen and oxygen atoms in total. The van der Waals surface area contributed by atoms with Crippen molar-refractivity contribution >= 4 is 5.82 Å². The van der Waals surface area contributed by atoms with Crippen molar-refractivity contribution in [2.75, 3.05) is 18.0 Å². The van der Waals surface area contributed by atoms with Crippen LogP contribution in [0.1, 0.15) is 26.7 Å². The van der Waals surface area contributed by atoms with Gasteiger partial charge in [-0.1, -0.05) is 13.8 Å². The molecule has 72 valence electrons. The molecule has 0 fully saturated rings. The lowest BCUT2D eigenvalue weighted by Gasteiger charge is -2.21. The van der Waals surface area contributed by atoms with Gasteiger partial charge < -0.3 is 4.90 Å². The van der Waals surface area contributed by atoms with Crippen molar-refractivity contribution in [2.45, 2.75) is 26.7 Å². The van der Waals surface area contributed by atoms with E-state index in [0.717, 1.165) is 31.7 Å². The molecule has 4 heteroatoms. The summed E-state index contributed by atoms with van der Waals surface area (Å²) in [6.45, 7) is 6.40. The maximum Gasteiger partial charge on any atom is 0.154 e. The molecule has 13 heavy (non-hydrogen) atoms. The molecule has 1 aromatic rings. The molecule has 1 aromatic heterocycles. The van der Waals surface area contributed by atoms with E-state index in [0.29, 0.717) is 0 Å². The summed E-state index contributed by atoms with van der Waals surface area (Å²) in [5.74, 6) is 0.929. The lowest BCUT2D eigenvalue weighted by Crippen LogP contribution is -2.26. The first-order valence-electron chi connectivity index (χ1n) is 4.77. The lowest BCUT2D eigenvalue weighted by atomic mass is 10.3. The molecule has 0 N–H and O–H groups in total. The van der Waals surface area contributed by atoms with Crippen LogP contribution in [-0.2, 0) is 0 Å². The maximum atomic E-state index is 3.98. The van der Waals surface area contributed by atoms with Crippen LogP contribution < -0.4 is 4.90 Å². The second-order valence-corrected chi connectivity index (χ2v) is 2.97. The van der Waals surface area contributed by atoms with Crippen LogP contribution >= 0.6 is 0 Å². The van der Waals surface area contributed by atoms with Gasteiger partial charge in [0.25, 0.3) is 0 Å². The third-order valence-corrected chi connectivity index (χ3v) is 1.80. The Balaban J connectivity index is 2.64. The summed E-state index contributed by atoms with van der Waals surface area (Å²) in [5, 5.41) is 11.3. The Bertz CT molecular complexity index is 218. The van der Waals surface area contributed by atoms with Crippen molar-refractivity contribution in [2.24, 2.45) is 0 Å². The molecule has 0 aliphatic heterocycles. The molecular weight excluding hydrogens is 164 g/mol. The SMILES string of the molecule is CCCN(CCC)c1ccnnn1. The quantitative estimate of drug-likeness (QED) is 0.688. The predicted octanol–water partition coefficient (Wildman–Crippen LogP) is 1.50. The first-order valence-corrected chi connectivity index (χ1v) is 4.77. The highest BCUT2D eigenvalue weighted by atomic mass is 15.4. The van der Waals surface area contributed by atoms with Gasteiger partial charge in [0.1, 0.15) is 0 Å². The van der Waals surface area contributed by atoms with Gasteiger partial charge >= 0.3 is 0 Å². The molecule has 0 bridgehead atoms. The highest BCUT2D eigenvalue weighted by Crippen LogP contribution is 2.07. The van der Waals surface area contributed by atoms with Gasteiger partial charge in [-0.2, -0.15) is 0 Å². The van der Waals surface area contributed by atoms with Crippen LogP contribution in [0.2, 0.25) is 0 Å². The summed E-state index contributed by atoms with van der Waals surface area (Å²) >= 11 is 0. The van der Waals surface area contributed by atoms with E-state index in [1.807, 2.05) is 6.07 Å². The maximum absolute atomic E-state index is 3.98. The predicted molar refractivity (Wildman–Crippen MR) is 52.6 cm³/mol. The third-order valence-electron chi connectivity index (χ3n) is 1.80. The summed E-state index contributed by atoms with van der Waals surface area (Å²) < 4.78 is 0. The molecular formula is C9H16N4. The first kappa shape index (κ1) is 9.89. The van der Waals surface area contributed by atoms with Crippen molar-refractivity contribution < 1.29 is 0 Å². The summed E-state index contributed by atoms with van der Waals surface area (Å²) in [5.41, 5.74) is 0. The molecule has 0 spiro atoms. The Morgan fingerprint density at radius 2 is 1.92 bits per heavy atom. The van der Waals surface area contributed by atoms with E-state index in [4.69, 9.17) is 0 Å². The largest absolute Gasteiger partial charge is 0.355 e. The van der Waals surface area contributed by atoms with Crippen molar-refractivity contribution in [1.29, 1.82) is 0 Å². The third kappa shape index (κ3) is 2.97. The standard InChI is InChI=1S/C9H16N4/c1-3-7-13(8-4-2)9-5-6-10-12-11-9/h5-6H,3-4,7-8H2,1-2H3. The smallest absolute Gasteiger partial charge is 0.154 e.